The van der Waals surface area contributed by atoms with Crippen LogP contribution in [0.4, 0.5) is 17.2 Å². The molecule has 0 radical (unpaired) electrons. The van der Waals surface area contributed by atoms with Crippen molar-refractivity contribution in [2.75, 3.05) is 11.9 Å². The van der Waals surface area contributed by atoms with Gasteiger partial charge in [-0.2, -0.15) is 4.98 Å². The first kappa shape index (κ1) is 14.7. The van der Waals surface area contributed by atoms with E-state index in [-0.39, 0.29) is 11.5 Å². The zero-order chi connectivity index (χ0) is 15.2. The maximum atomic E-state index is 11.1. The molecule has 1 aromatic carbocycles. The summed E-state index contributed by atoms with van der Waals surface area (Å²) in [6.45, 7) is 2.65. The fourth-order valence-electron chi connectivity index (χ4n) is 1.81. The highest BCUT2D eigenvalue weighted by molar-refractivity contribution is 5.66. The van der Waals surface area contributed by atoms with Crippen LogP contribution in [0.3, 0.4) is 0 Å². The molecule has 0 unspecified atom stereocenters. The number of rotatable bonds is 6. The Balaban J connectivity index is 2.35. The van der Waals surface area contributed by atoms with Gasteiger partial charge in [0.15, 0.2) is 0 Å². The van der Waals surface area contributed by atoms with Crippen LogP contribution in [0.15, 0.2) is 36.4 Å². The van der Waals surface area contributed by atoms with E-state index in [1.807, 2.05) is 25.1 Å². The highest BCUT2D eigenvalue weighted by Crippen LogP contribution is 2.28. The Kier molecular flexibility index (Phi) is 4.68. The van der Waals surface area contributed by atoms with Crippen molar-refractivity contribution >= 4 is 17.2 Å². The van der Waals surface area contributed by atoms with Gasteiger partial charge in [-0.1, -0.05) is 12.1 Å². The molecule has 1 aromatic heterocycles. The van der Waals surface area contributed by atoms with Gasteiger partial charge >= 0.3 is 5.69 Å². The van der Waals surface area contributed by atoms with E-state index in [0.717, 1.165) is 5.56 Å². The number of hydrogen-bond donors (Lipinski definition) is 2. The number of nitro groups is 1. The van der Waals surface area contributed by atoms with Gasteiger partial charge in [-0.3, -0.25) is 10.1 Å². The third-order valence-electron chi connectivity index (χ3n) is 2.76. The summed E-state index contributed by atoms with van der Waals surface area (Å²) in [5, 5.41) is 14.0. The minimum Gasteiger partial charge on any atom is -0.478 e. The summed E-state index contributed by atoms with van der Waals surface area (Å²) < 4.78 is 5.27. The van der Waals surface area contributed by atoms with E-state index in [1.165, 1.54) is 12.1 Å². The summed E-state index contributed by atoms with van der Waals surface area (Å²) in [4.78, 5) is 14.7. The smallest absolute Gasteiger partial charge is 0.311 e. The standard InChI is InChI=1S/C14H16N4O3/c1-2-21-13-7-6-12(18(19)20)14(17-13)16-11-5-3-4-10(8-11)9-15/h3-8H,2,9,15H2,1H3,(H,16,17). The molecular formula is C14H16N4O3. The van der Waals surface area contributed by atoms with Crippen molar-refractivity contribution in [3.8, 4) is 5.88 Å². The van der Waals surface area contributed by atoms with E-state index < -0.39 is 4.92 Å². The number of nitrogens with zero attached hydrogens (tertiary/aromatic N) is 2. The van der Waals surface area contributed by atoms with Crippen molar-refractivity contribution in [3.63, 3.8) is 0 Å². The molecule has 0 saturated heterocycles. The molecule has 2 aromatic rings. The number of anilines is 2. The summed E-state index contributed by atoms with van der Waals surface area (Å²) >= 11 is 0. The van der Waals surface area contributed by atoms with Gasteiger partial charge in [0.05, 0.1) is 11.5 Å². The molecule has 0 aliphatic rings. The average molecular weight is 288 g/mol. The predicted octanol–water partition coefficient (Wildman–Crippen LogP) is 2.59. The largest absolute Gasteiger partial charge is 0.478 e. The Morgan fingerprint density at radius 2 is 2.19 bits per heavy atom. The SMILES string of the molecule is CCOc1ccc([N+](=O)[O-])c(Nc2cccc(CN)c2)n1. The van der Waals surface area contributed by atoms with Crippen LogP contribution >= 0.6 is 0 Å². The number of benzene rings is 1. The van der Waals surface area contributed by atoms with Crippen molar-refractivity contribution in [2.45, 2.75) is 13.5 Å². The summed E-state index contributed by atoms with van der Waals surface area (Å²) in [6, 6.07) is 10.2. The van der Waals surface area contributed by atoms with Crippen LogP contribution < -0.4 is 15.8 Å². The van der Waals surface area contributed by atoms with Gasteiger partial charge in [-0.25, -0.2) is 0 Å². The normalized spacial score (nSPS) is 10.2. The molecule has 1 heterocycles. The Morgan fingerprint density at radius 3 is 2.86 bits per heavy atom. The van der Waals surface area contributed by atoms with Crippen molar-refractivity contribution in [3.05, 3.63) is 52.1 Å². The van der Waals surface area contributed by atoms with E-state index in [2.05, 4.69) is 10.3 Å². The number of aromatic nitrogens is 1. The molecule has 0 aliphatic carbocycles. The maximum Gasteiger partial charge on any atom is 0.311 e. The lowest BCUT2D eigenvalue weighted by Crippen LogP contribution is -2.03. The zero-order valence-corrected chi connectivity index (χ0v) is 11.6. The van der Waals surface area contributed by atoms with E-state index in [4.69, 9.17) is 10.5 Å². The van der Waals surface area contributed by atoms with Gasteiger partial charge in [-0.05, 0) is 24.6 Å². The molecule has 0 aliphatic heterocycles. The quantitative estimate of drug-likeness (QED) is 0.625. The van der Waals surface area contributed by atoms with Crippen LogP contribution in [0.5, 0.6) is 5.88 Å². The van der Waals surface area contributed by atoms with Gasteiger partial charge in [0.25, 0.3) is 0 Å². The number of hydrogen-bond acceptors (Lipinski definition) is 6. The van der Waals surface area contributed by atoms with Crippen LogP contribution in [0, 0.1) is 10.1 Å². The zero-order valence-electron chi connectivity index (χ0n) is 11.6. The molecule has 0 bridgehead atoms. The van der Waals surface area contributed by atoms with Gasteiger partial charge in [-0.15, -0.1) is 0 Å². The Morgan fingerprint density at radius 1 is 1.38 bits per heavy atom. The first-order valence-corrected chi connectivity index (χ1v) is 6.48. The highest BCUT2D eigenvalue weighted by atomic mass is 16.6. The van der Waals surface area contributed by atoms with Crippen LogP contribution in [0.1, 0.15) is 12.5 Å². The number of ether oxygens (including phenoxy) is 1. The summed E-state index contributed by atoms with van der Waals surface area (Å²) in [6.07, 6.45) is 0. The molecular weight excluding hydrogens is 272 g/mol. The minimum atomic E-state index is -0.488. The fraction of sp³-hybridized carbons (Fsp3) is 0.214. The van der Waals surface area contributed by atoms with E-state index in [1.54, 1.807) is 6.07 Å². The third-order valence-corrected chi connectivity index (χ3v) is 2.76. The summed E-state index contributed by atoms with van der Waals surface area (Å²) in [5.41, 5.74) is 7.07. The van der Waals surface area contributed by atoms with Crippen LogP contribution in [0.2, 0.25) is 0 Å². The van der Waals surface area contributed by atoms with Crippen LogP contribution in [-0.4, -0.2) is 16.5 Å². The third kappa shape index (κ3) is 3.67. The minimum absolute atomic E-state index is 0.114. The van der Waals surface area contributed by atoms with Gasteiger partial charge in [0.2, 0.25) is 11.7 Å². The second-order valence-electron chi connectivity index (χ2n) is 4.24. The number of nitrogens with one attached hydrogen (secondary N) is 1. The molecule has 3 N–H and O–H groups in total. The van der Waals surface area contributed by atoms with Crippen molar-refractivity contribution in [1.82, 2.24) is 4.98 Å². The van der Waals surface area contributed by atoms with Crippen molar-refractivity contribution < 1.29 is 9.66 Å². The van der Waals surface area contributed by atoms with Crippen LogP contribution in [-0.2, 0) is 6.54 Å². The van der Waals surface area contributed by atoms with Gasteiger partial charge in [0, 0.05) is 24.4 Å². The molecule has 21 heavy (non-hydrogen) atoms. The lowest BCUT2D eigenvalue weighted by Gasteiger charge is -2.09. The molecule has 110 valence electrons. The Labute approximate surface area is 121 Å². The second-order valence-corrected chi connectivity index (χ2v) is 4.24. The number of pyridine rings is 1. The number of nitrogens with two attached hydrogens (primary N) is 1. The lowest BCUT2D eigenvalue weighted by atomic mass is 10.2. The topological polar surface area (TPSA) is 103 Å². The predicted molar refractivity (Wildman–Crippen MR) is 79.7 cm³/mol. The molecule has 0 fully saturated rings. The first-order chi connectivity index (χ1) is 10.1. The first-order valence-electron chi connectivity index (χ1n) is 6.48. The summed E-state index contributed by atoms with van der Waals surface area (Å²) in [7, 11) is 0. The molecule has 7 nitrogen and oxygen atoms in total. The Bertz CT molecular complexity index is 646. The van der Waals surface area contributed by atoms with Gasteiger partial charge in [0.1, 0.15) is 0 Å². The second kappa shape index (κ2) is 6.67. The molecule has 0 atom stereocenters. The van der Waals surface area contributed by atoms with Crippen molar-refractivity contribution in [2.24, 2.45) is 5.73 Å². The fourth-order valence-corrected chi connectivity index (χ4v) is 1.81. The Hall–Kier alpha value is -2.67. The monoisotopic (exact) mass is 288 g/mol. The molecule has 0 saturated carbocycles. The summed E-state index contributed by atoms with van der Waals surface area (Å²) in [5.74, 6) is 0.473. The molecule has 7 heteroatoms. The van der Waals surface area contributed by atoms with E-state index >= 15 is 0 Å². The van der Waals surface area contributed by atoms with Crippen LogP contribution in [0.25, 0.3) is 0 Å². The van der Waals surface area contributed by atoms with Crippen molar-refractivity contribution in [1.29, 1.82) is 0 Å². The maximum absolute atomic E-state index is 11.1. The molecule has 2 rings (SSSR count). The van der Waals surface area contributed by atoms with Gasteiger partial charge < -0.3 is 15.8 Å². The van der Waals surface area contributed by atoms with E-state index in [0.29, 0.717) is 24.7 Å². The lowest BCUT2D eigenvalue weighted by molar-refractivity contribution is -0.384. The molecule has 0 amide bonds. The van der Waals surface area contributed by atoms with E-state index in [9.17, 15) is 10.1 Å². The molecule has 0 spiro atoms. The highest BCUT2D eigenvalue weighted by Gasteiger charge is 2.16. The average Bonchev–Trinajstić information content (AvgIpc) is 2.48.